The van der Waals surface area contributed by atoms with Gasteiger partial charge in [-0.15, -0.1) is 0 Å². The molecule has 0 saturated carbocycles. The SMILES string of the molecule is O=[N+]([O-])c1cc(-c2nc(-c3cccnc3)no2)ccc1NCCc1ccccc1. The predicted molar refractivity (Wildman–Crippen MR) is 108 cm³/mol. The molecule has 0 aliphatic heterocycles. The number of nitro benzene ring substituents is 1. The van der Waals surface area contributed by atoms with E-state index in [9.17, 15) is 10.1 Å². The van der Waals surface area contributed by atoms with Gasteiger partial charge in [0.15, 0.2) is 0 Å². The van der Waals surface area contributed by atoms with Gasteiger partial charge in [0.25, 0.3) is 11.6 Å². The van der Waals surface area contributed by atoms with Crippen molar-refractivity contribution in [3.05, 3.63) is 88.7 Å². The molecule has 0 aliphatic rings. The molecule has 2 heterocycles. The Kier molecular flexibility index (Phi) is 5.24. The maximum Gasteiger partial charge on any atom is 0.293 e. The lowest BCUT2D eigenvalue weighted by molar-refractivity contribution is -0.383. The fourth-order valence-electron chi connectivity index (χ4n) is 2.90. The summed E-state index contributed by atoms with van der Waals surface area (Å²) in [6.07, 6.45) is 4.03. The fraction of sp³-hybridized carbons (Fsp3) is 0.0952. The number of hydrogen-bond acceptors (Lipinski definition) is 7. The summed E-state index contributed by atoms with van der Waals surface area (Å²) in [6, 6.07) is 18.3. The molecule has 0 aliphatic carbocycles. The van der Waals surface area contributed by atoms with Crippen LogP contribution < -0.4 is 5.32 Å². The van der Waals surface area contributed by atoms with E-state index in [2.05, 4.69) is 20.4 Å². The second-order valence-corrected chi connectivity index (χ2v) is 6.32. The summed E-state index contributed by atoms with van der Waals surface area (Å²) in [5.41, 5.74) is 2.75. The molecule has 8 heteroatoms. The van der Waals surface area contributed by atoms with Crippen molar-refractivity contribution < 1.29 is 9.45 Å². The van der Waals surface area contributed by atoms with E-state index < -0.39 is 4.92 Å². The Balaban J connectivity index is 1.53. The predicted octanol–water partition coefficient (Wildman–Crippen LogP) is 4.36. The van der Waals surface area contributed by atoms with Gasteiger partial charge < -0.3 is 9.84 Å². The minimum atomic E-state index is -0.424. The number of nitro groups is 1. The molecule has 29 heavy (non-hydrogen) atoms. The smallest absolute Gasteiger partial charge is 0.293 e. The zero-order chi connectivity index (χ0) is 20.1. The van der Waals surface area contributed by atoms with Crippen molar-refractivity contribution in [3.8, 4) is 22.8 Å². The average Bonchev–Trinajstić information content (AvgIpc) is 3.25. The lowest BCUT2D eigenvalue weighted by atomic mass is 10.1. The zero-order valence-corrected chi connectivity index (χ0v) is 15.4. The van der Waals surface area contributed by atoms with Crippen LogP contribution in [0, 0.1) is 10.1 Å². The molecule has 0 bridgehead atoms. The third kappa shape index (κ3) is 4.27. The van der Waals surface area contributed by atoms with E-state index in [1.165, 1.54) is 6.07 Å². The average molecular weight is 387 g/mol. The number of pyridine rings is 1. The number of hydrogen-bond donors (Lipinski definition) is 1. The zero-order valence-electron chi connectivity index (χ0n) is 15.4. The first kappa shape index (κ1) is 18.3. The molecule has 0 saturated heterocycles. The molecular formula is C21H17N5O3. The Morgan fingerprint density at radius 2 is 1.90 bits per heavy atom. The van der Waals surface area contributed by atoms with Crippen LogP contribution >= 0.6 is 0 Å². The molecule has 1 N–H and O–H groups in total. The molecule has 0 fully saturated rings. The highest BCUT2D eigenvalue weighted by Crippen LogP contribution is 2.31. The van der Waals surface area contributed by atoms with Crippen molar-refractivity contribution in [2.75, 3.05) is 11.9 Å². The summed E-state index contributed by atoms with van der Waals surface area (Å²) in [5, 5.41) is 18.6. The molecule has 0 atom stereocenters. The number of anilines is 1. The lowest BCUT2D eigenvalue weighted by Crippen LogP contribution is -2.07. The van der Waals surface area contributed by atoms with Crippen LogP contribution in [0.4, 0.5) is 11.4 Å². The van der Waals surface area contributed by atoms with E-state index in [0.717, 1.165) is 12.0 Å². The quantitative estimate of drug-likeness (QED) is 0.371. The van der Waals surface area contributed by atoms with E-state index in [4.69, 9.17) is 4.52 Å². The van der Waals surface area contributed by atoms with Gasteiger partial charge in [-0.05, 0) is 36.2 Å². The number of nitrogens with one attached hydrogen (secondary N) is 1. The van der Waals surface area contributed by atoms with E-state index in [1.807, 2.05) is 36.4 Å². The molecule has 144 valence electrons. The second-order valence-electron chi connectivity index (χ2n) is 6.32. The molecule has 2 aromatic heterocycles. The molecular weight excluding hydrogens is 370 g/mol. The van der Waals surface area contributed by atoms with Gasteiger partial charge in [0.05, 0.1) is 4.92 Å². The maximum atomic E-state index is 11.6. The van der Waals surface area contributed by atoms with E-state index in [1.54, 1.807) is 30.6 Å². The van der Waals surface area contributed by atoms with Crippen LogP contribution in [0.1, 0.15) is 5.56 Å². The summed E-state index contributed by atoms with van der Waals surface area (Å²) in [6.45, 7) is 0.579. The van der Waals surface area contributed by atoms with Crippen LogP contribution in [0.15, 0.2) is 77.6 Å². The van der Waals surface area contributed by atoms with Crippen LogP contribution in [0.2, 0.25) is 0 Å². The highest BCUT2D eigenvalue weighted by molar-refractivity contribution is 5.70. The van der Waals surface area contributed by atoms with E-state index in [-0.39, 0.29) is 11.6 Å². The number of nitrogens with zero attached hydrogens (tertiary/aromatic N) is 4. The van der Waals surface area contributed by atoms with Crippen molar-refractivity contribution in [1.29, 1.82) is 0 Å². The molecule has 0 amide bonds. The van der Waals surface area contributed by atoms with E-state index in [0.29, 0.717) is 29.2 Å². The van der Waals surface area contributed by atoms with Crippen LogP contribution in [-0.4, -0.2) is 26.6 Å². The minimum Gasteiger partial charge on any atom is -0.379 e. The van der Waals surface area contributed by atoms with Gasteiger partial charge in [-0.25, -0.2) is 0 Å². The summed E-state index contributed by atoms with van der Waals surface area (Å²) >= 11 is 0. The van der Waals surface area contributed by atoms with Crippen molar-refractivity contribution in [3.63, 3.8) is 0 Å². The van der Waals surface area contributed by atoms with E-state index >= 15 is 0 Å². The lowest BCUT2D eigenvalue weighted by Gasteiger charge is -2.08. The first-order chi connectivity index (χ1) is 14.2. The summed E-state index contributed by atoms with van der Waals surface area (Å²) in [4.78, 5) is 19.5. The Morgan fingerprint density at radius 3 is 2.66 bits per heavy atom. The highest BCUT2D eigenvalue weighted by Gasteiger charge is 2.18. The monoisotopic (exact) mass is 387 g/mol. The number of aromatic nitrogens is 3. The van der Waals surface area contributed by atoms with Crippen LogP contribution in [0.3, 0.4) is 0 Å². The molecule has 0 radical (unpaired) electrons. The van der Waals surface area contributed by atoms with Crippen LogP contribution in [0.25, 0.3) is 22.8 Å². The fourth-order valence-corrected chi connectivity index (χ4v) is 2.90. The Bertz CT molecular complexity index is 1110. The molecule has 4 rings (SSSR count). The molecule has 4 aromatic rings. The molecule has 0 unspecified atom stereocenters. The van der Waals surface area contributed by atoms with Gasteiger partial charge in [-0.3, -0.25) is 15.1 Å². The summed E-state index contributed by atoms with van der Waals surface area (Å²) in [5.74, 6) is 0.587. The highest BCUT2D eigenvalue weighted by atomic mass is 16.6. The maximum absolute atomic E-state index is 11.6. The topological polar surface area (TPSA) is 107 Å². The van der Waals surface area contributed by atoms with Crippen molar-refractivity contribution in [1.82, 2.24) is 15.1 Å². The standard InChI is InChI=1S/C21H17N5O3/c27-26(28)19-13-16(21-24-20(25-29-21)17-7-4-11-22-14-17)8-9-18(19)23-12-10-15-5-2-1-3-6-15/h1-9,11,13-14,23H,10,12H2. The van der Waals surface area contributed by atoms with Crippen molar-refractivity contribution in [2.45, 2.75) is 6.42 Å². The van der Waals surface area contributed by atoms with Crippen molar-refractivity contribution in [2.24, 2.45) is 0 Å². The van der Waals surface area contributed by atoms with Gasteiger partial charge in [0.1, 0.15) is 5.69 Å². The Labute approximate surface area is 166 Å². The van der Waals surface area contributed by atoms with Gasteiger partial charge in [0.2, 0.25) is 5.82 Å². The third-order valence-corrected chi connectivity index (χ3v) is 4.36. The van der Waals surface area contributed by atoms with Gasteiger partial charge in [-0.1, -0.05) is 35.5 Å². The van der Waals surface area contributed by atoms with Crippen molar-refractivity contribution >= 4 is 11.4 Å². The van der Waals surface area contributed by atoms with Crippen LogP contribution in [-0.2, 0) is 6.42 Å². The largest absolute Gasteiger partial charge is 0.379 e. The number of benzene rings is 2. The molecule has 2 aromatic carbocycles. The van der Waals surface area contributed by atoms with Crippen LogP contribution in [0.5, 0.6) is 0 Å². The van der Waals surface area contributed by atoms with Gasteiger partial charge in [-0.2, -0.15) is 4.98 Å². The Morgan fingerprint density at radius 1 is 1.03 bits per heavy atom. The number of rotatable bonds is 7. The summed E-state index contributed by atoms with van der Waals surface area (Å²) in [7, 11) is 0. The molecule has 8 nitrogen and oxygen atoms in total. The first-order valence-electron chi connectivity index (χ1n) is 9.01. The first-order valence-corrected chi connectivity index (χ1v) is 9.01. The summed E-state index contributed by atoms with van der Waals surface area (Å²) < 4.78 is 5.29. The third-order valence-electron chi connectivity index (χ3n) is 4.36. The second kappa shape index (κ2) is 8.30. The normalized spacial score (nSPS) is 10.6. The Hall–Kier alpha value is -4.07. The minimum absolute atomic E-state index is 0.0447. The van der Waals surface area contributed by atoms with Gasteiger partial charge >= 0.3 is 0 Å². The van der Waals surface area contributed by atoms with Gasteiger partial charge in [0, 0.05) is 36.1 Å². The molecule has 0 spiro atoms.